The Morgan fingerprint density at radius 2 is 0.941 bits per heavy atom. The van der Waals surface area contributed by atoms with Gasteiger partial charge in [-0.15, -0.1) is 0 Å². The minimum Gasteiger partial charge on any atom is -0.336 e. The van der Waals surface area contributed by atoms with Gasteiger partial charge in [0.2, 0.25) is 0 Å². The van der Waals surface area contributed by atoms with Gasteiger partial charge < -0.3 is 4.57 Å². The van der Waals surface area contributed by atoms with E-state index >= 15 is 0 Å². The van der Waals surface area contributed by atoms with E-state index in [1.165, 1.54) is 38.1 Å². The van der Waals surface area contributed by atoms with Crippen molar-refractivity contribution < 1.29 is 0 Å². The van der Waals surface area contributed by atoms with Crippen molar-refractivity contribution in [2.75, 3.05) is 0 Å². The van der Waals surface area contributed by atoms with Crippen LogP contribution in [0.4, 0.5) is 0 Å². The summed E-state index contributed by atoms with van der Waals surface area (Å²) in [4.78, 5) is 10.5. The number of nitrogens with zero attached hydrogens (tertiary/aromatic N) is 4. The van der Waals surface area contributed by atoms with E-state index in [1.54, 1.807) is 0 Å². The SMILES string of the molecule is c1ccc(Cn2c3ccccc3c3cc4c(cc32)c2ccccc2n4-c2cc(-c3ccccc3)nc(-c3cccc(-c4ccccc4)c3)n2)cc1. The lowest BCUT2D eigenvalue weighted by molar-refractivity contribution is 0.869. The summed E-state index contributed by atoms with van der Waals surface area (Å²) in [7, 11) is 0. The molecule has 0 saturated carbocycles. The molecule has 0 fully saturated rings. The maximum Gasteiger partial charge on any atom is 0.162 e. The van der Waals surface area contributed by atoms with Crippen LogP contribution < -0.4 is 0 Å². The summed E-state index contributed by atoms with van der Waals surface area (Å²) in [6.45, 7) is 0.798. The third-order valence-electron chi connectivity index (χ3n) is 9.99. The lowest BCUT2D eigenvalue weighted by atomic mass is 10.0. The smallest absolute Gasteiger partial charge is 0.162 e. The fourth-order valence-electron chi connectivity index (χ4n) is 7.60. The minimum atomic E-state index is 0.690. The summed E-state index contributed by atoms with van der Waals surface area (Å²) in [5, 5.41) is 4.86. The summed E-state index contributed by atoms with van der Waals surface area (Å²) >= 11 is 0. The summed E-state index contributed by atoms with van der Waals surface area (Å²) in [5.74, 6) is 1.53. The Morgan fingerprint density at radius 1 is 0.373 bits per heavy atom. The molecule has 10 rings (SSSR count). The van der Waals surface area contributed by atoms with Gasteiger partial charge in [-0.2, -0.15) is 0 Å². The third kappa shape index (κ3) is 5.00. The first kappa shape index (κ1) is 29.2. The van der Waals surface area contributed by atoms with Gasteiger partial charge in [-0.25, -0.2) is 9.97 Å². The molecule has 3 heterocycles. The van der Waals surface area contributed by atoms with Crippen molar-refractivity contribution in [1.29, 1.82) is 0 Å². The van der Waals surface area contributed by atoms with Gasteiger partial charge in [0.1, 0.15) is 5.82 Å². The predicted octanol–water partition coefficient (Wildman–Crippen LogP) is 11.7. The van der Waals surface area contributed by atoms with Gasteiger partial charge in [0.25, 0.3) is 0 Å². The number of hydrogen-bond donors (Lipinski definition) is 0. The van der Waals surface area contributed by atoms with Crippen LogP contribution in [0.25, 0.3) is 83.2 Å². The highest BCUT2D eigenvalue weighted by Crippen LogP contribution is 2.39. The lowest BCUT2D eigenvalue weighted by Gasteiger charge is -2.13. The summed E-state index contributed by atoms with van der Waals surface area (Å²) in [6, 6.07) is 64.5. The Bertz CT molecular complexity index is 2870. The highest BCUT2D eigenvalue weighted by atomic mass is 15.1. The van der Waals surface area contributed by atoms with Crippen molar-refractivity contribution in [1.82, 2.24) is 19.1 Å². The van der Waals surface area contributed by atoms with E-state index in [1.807, 2.05) is 12.1 Å². The molecule has 0 amide bonds. The van der Waals surface area contributed by atoms with Gasteiger partial charge in [0, 0.05) is 50.8 Å². The molecule has 4 heteroatoms. The molecule has 0 aliphatic carbocycles. The lowest BCUT2D eigenvalue weighted by Crippen LogP contribution is -2.02. The Balaban J connectivity index is 1.24. The highest BCUT2D eigenvalue weighted by molar-refractivity contribution is 6.18. The topological polar surface area (TPSA) is 35.6 Å². The minimum absolute atomic E-state index is 0.690. The van der Waals surface area contributed by atoms with E-state index in [9.17, 15) is 0 Å². The molecule has 0 atom stereocenters. The number of hydrogen-bond acceptors (Lipinski definition) is 2. The summed E-state index contributed by atoms with van der Waals surface area (Å²) < 4.78 is 4.79. The van der Waals surface area contributed by atoms with Gasteiger partial charge >= 0.3 is 0 Å². The van der Waals surface area contributed by atoms with Crippen molar-refractivity contribution in [2.24, 2.45) is 0 Å². The molecule has 0 saturated heterocycles. The maximum atomic E-state index is 5.36. The van der Waals surface area contributed by atoms with Gasteiger partial charge in [-0.05, 0) is 47.0 Å². The third-order valence-corrected chi connectivity index (χ3v) is 9.99. The number of fused-ring (bicyclic) bond motifs is 6. The molecule has 0 bridgehead atoms. The maximum absolute atomic E-state index is 5.36. The Hall–Kier alpha value is -6.78. The second kappa shape index (κ2) is 12.0. The molecule has 0 radical (unpaired) electrons. The molecular formula is C47H32N4. The molecule has 240 valence electrons. The van der Waals surface area contributed by atoms with Crippen molar-refractivity contribution in [3.05, 3.63) is 188 Å². The molecule has 51 heavy (non-hydrogen) atoms. The van der Waals surface area contributed by atoms with E-state index in [2.05, 4.69) is 179 Å². The zero-order valence-corrected chi connectivity index (χ0v) is 27.8. The van der Waals surface area contributed by atoms with Crippen LogP contribution in [0.2, 0.25) is 0 Å². The Morgan fingerprint density at radius 3 is 1.71 bits per heavy atom. The number of benzene rings is 7. The number of aromatic nitrogens is 4. The fraction of sp³-hybridized carbons (Fsp3) is 0.0213. The van der Waals surface area contributed by atoms with Crippen molar-refractivity contribution in [3.63, 3.8) is 0 Å². The first-order valence-electron chi connectivity index (χ1n) is 17.4. The summed E-state index contributed by atoms with van der Waals surface area (Å²) in [6.07, 6.45) is 0. The van der Waals surface area contributed by atoms with Gasteiger partial charge in [-0.1, -0.05) is 146 Å². The molecule has 0 unspecified atom stereocenters. The van der Waals surface area contributed by atoms with Gasteiger partial charge in [-0.3, -0.25) is 4.57 Å². The van der Waals surface area contributed by atoms with Crippen LogP contribution in [-0.2, 0) is 6.54 Å². The van der Waals surface area contributed by atoms with E-state index < -0.39 is 0 Å². The number of rotatable bonds is 6. The van der Waals surface area contributed by atoms with E-state index in [0.717, 1.165) is 51.3 Å². The quantitative estimate of drug-likeness (QED) is 0.179. The largest absolute Gasteiger partial charge is 0.336 e. The number of para-hydroxylation sites is 2. The molecule has 10 aromatic rings. The molecule has 0 aliphatic rings. The van der Waals surface area contributed by atoms with Crippen LogP contribution in [0.3, 0.4) is 0 Å². The molecule has 0 N–H and O–H groups in total. The molecule has 4 nitrogen and oxygen atoms in total. The van der Waals surface area contributed by atoms with E-state index in [0.29, 0.717) is 5.82 Å². The molecular weight excluding hydrogens is 621 g/mol. The molecule has 7 aromatic carbocycles. The predicted molar refractivity (Wildman–Crippen MR) is 211 cm³/mol. The van der Waals surface area contributed by atoms with Crippen LogP contribution in [0.15, 0.2) is 182 Å². The average Bonchev–Trinajstić information content (AvgIpc) is 3.69. The fourth-order valence-corrected chi connectivity index (χ4v) is 7.60. The second-order valence-electron chi connectivity index (χ2n) is 13.1. The van der Waals surface area contributed by atoms with Crippen LogP contribution in [0, 0.1) is 0 Å². The van der Waals surface area contributed by atoms with E-state index in [4.69, 9.17) is 9.97 Å². The van der Waals surface area contributed by atoms with Crippen LogP contribution in [0.1, 0.15) is 5.56 Å². The zero-order valence-electron chi connectivity index (χ0n) is 27.8. The molecule has 3 aromatic heterocycles. The van der Waals surface area contributed by atoms with Gasteiger partial charge in [0.05, 0.1) is 22.2 Å². The first-order valence-corrected chi connectivity index (χ1v) is 17.4. The Kier molecular flexibility index (Phi) is 6.85. The normalized spacial score (nSPS) is 11.6. The van der Waals surface area contributed by atoms with Crippen LogP contribution in [0.5, 0.6) is 0 Å². The van der Waals surface area contributed by atoms with Crippen molar-refractivity contribution >= 4 is 43.6 Å². The zero-order chi connectivity index (χ0) is 33.7. The monoisotopic (exact) mass is 652 g/mol. The van der Waals surface area contributed by atoms with Gasteiger partial charge in [0.15, 0.2) is 5.82 Å². The van der Waals surface area contributed by atoms with Crippen molar-refractivity contribution in [2.45, 2.75) is 6.54 Å². The summed E-state index contributed by atoms with van der Waals surface area (Å²) in [5.41, 5.74) is 11.2. The Labute approximate surface area is 295 Å². The van der Waals surface area contributed by atoms with Crippen LogP contribution >= 0.6 is 0 Å². The van der Waals surface area contributed by atoms with Crippen LogP contribution in [-0.4, -0.2) is 19.1 Å². The standard InChI is InChI=1S/C47H32N4/c1-4-15-32(16-5-1)31-50-42-25-12-10-23-37(42)39-29-45-40(28-44(39)50)38-24-11-13-26-43(38)51(45)46-30-41(34-19-8-3-9-20-34)48-47(49-46)36-22-14-21-35(27-36)33-17-6-2-7-18-33/h1-30H,31H2. The van der Waals surface area contributed by atoms with Crippen molar-refractivity contribution in [3.8, 4) is 39.6 Å². The molecule has 0 spiro atoms. The highest BCUT2D eigenvalue weighted by Gasteiger charge is 2.20. The second-order valence-corrected chi connectivity index (χ2v) is 13.1. The average molecular weight is 653 g/mol. The molecule has 0 aliphatic heterocycles. The van der Waals surface area contributed by atoms with E-state index in [-0.39, 0.29) is 0 Å². The first-order chi connectivity index (χ1) is 25.3.